The monoisotopic (exact) mass is 299 g/mol. The quantitative estimate of drug-likeness (QED) is 0.548. The van der Waals surface area contributed by atoms with Gasteiger partial charge in [-0.15, -0.1) is 11.8 Å². The number of carbonyl (C=O) groups excluding carboxylic acids is 1. The summed E-state index contributed by atoms with van der Waals surface area (Å²) in [5, 5.41) is 8.59. The third-order valence-electron chi connectivity index (χ3n) is 2.20. The Kier molecular flexibility index (Phi) is 6.89. The summed E-state index contributed by atoms with van der Waals surface area (Å²) in [6.07, 6.45) is 0. The number of hydrogen-bond donors (Lipinski definition) is 2. The lowest BCUT2D eigenvalue weighted by Gasteiger charge is -2.07. The Morgan fingerprint density at radius 3 is 2.45 bits per heavy atom. The zero-order valence-electron chi connectivity index (χ0n) is 11.1. The van der Waals surface area contributed by atoms with E-state index in [-0.39, 0.29) is 11.5 Å². The van der Waals surface area contributed by atoms with Crippen molar-refractivity contribution in [2.75, 3.05) is 18.1 Å². The third-order valence-corrected chi connectivity index (χ3v) is 3.24. The number of benzene rings is 1. The summed E-state index contributed by atoms with van der Waals surface area (Å²) in [4.78, 5) is 22.0. The topological polar surface area (TPSA) is 98.9 Å². The van der Waals surface area contributed by atoms with Gasteiger partial charge in [0.25, 0.3) is 0 Å². The first-order chi connectivity index (χ1) is 9.52. The number of rotatable bonds is 8. The number of carboxylic acids is 1. The molecule has 0 radical (unpaired) electrons. The first kappa shape index (κ1) is 16.3. The van der Waals surface area contributed by atoms with Gasteiger partial charge in [0.1, 0.15) is 17.5 Å². The van der Waals surface area contributed by atoms with Crippen molar-refractivity contribution in [3.05, 3.63) is 24.3 Å². The van der Waals surface area contributed by atoms with Crippen molar-refractivity contribution in [3.63, 3.8) is 0 Å². The Bertz CT molecular complexity index is 449. The van der Waals surface area contributed by atoms with Gasteiger partial charge in [0.05, 0.1) is 12.4 Å². The van der Waals surface area contributed by atoms with Crippen LogP contribution in [0.2, 0.25) is 0 Å². The van der Waals surface area contributed by atoms with Crippen LogP contribution in [-0.4, -0.2) is 41.2 Å². The summed E-state index contributed by atoms with van der Waals surface area (Å²) in [6.45, 7) is 2.45. The number of carboxylic acid groups (broad SMARTS) is 1. The van der Waals surface area contributed by atoms with Gasteiger partial charge in [0.15, 0.2) is 0 Å². The van der Waals surface area contributed by atoms with Crippen molar-refractivity contribution in [1.82, 2.24) is 0 Å². The molecular weight excluding hydrogens is 282 g/mol. The third kappa shape index (κ3) is 5.94. The summed E-state index contributed by atoms with van der Waals surface area (Å²) in [5.74, 6) is -0.202. The van der Waals surface area contributed by atoms with Crippen LogP contribution < -0.4 is 15.2 Å². The molecule has 1 atom stereocenters. The summed E-state index contributed by atoms with van der Waals surface area (Å²) in [5.41, 5.74) is 5.31. The highest BCUT2D eigenvalue weighted by atomic mass is 32.2. The Balaban J connectivity index is 2.33. The van der Waals surface area contributed by atoms with Crippen LogP contribution in [0.1, 0.15) is 6.92 Å². The van der Waals surface area contributed by atoms with E-state index >= 15 is 0 Å². The summed E-state index contributed by atoms with van der Waals surface area (Å²) >= 11 is 1.12. The van der Waals surface area contributed by atoms with E-state index in [1.165, 1.54) is 0 Å². The van der Waals surface area contributed by atoms with Crippen molar-refractivity contribution >= 4 is 23.7 Å². The van der Waals surface area contributed by atoms with E-state index in [1.54, 1.807) is 24.3 Å². The van der Waals surface area contributed by atoms with Gasteiger partial charge in [0, 0.05) is 5.75 Å². The summed E-state index contributed by atoms with van der Waals surface area (Å²) in [6, 6.07) is 5.71. The number of ether oxygens (including phenoxy) is 2. The Morgan fingerprint density at radius 2 is 1.90 bits per heavy atom. The van der Waals surface area contributed by atoms with Crippen LogP contribution in [0.25, 0.3) is 0 Å². The molecule has 20 heavy (non-hydrogen) atoms. The predicted molar refractivity (Wildman–Crippen MR) is 76.2 cm³/mol. The fraction of sp³-hybridized carbons (Fsp3) is 0.385. The van der Waals surface area contributed by atoms with E-state index in [2.05, 4.69) is 0 Å². The van der Waals surface area contributed by atoms with Crippen LogP contribution in [0.5, 0.6) is 11.5 Å². The zero-order chi connectivity index (χ0) is 15.0. The van der Waals surface area contributed by atoms with E-state index in [4.69, 9.17) is 20.3 Å². The van der Waals surface area contributed by atoms with E-state index in [1.807, 2.05) is 6.92 Å². The maximum absolute atomic E-state index is 11.5. The van der Waals surface area contributed by atoms with E-state index < -0.39 is 18.0 Å². The molecule has 0 bridgehead atoms. The summed E-state index contributed by atoms with van der Waals surface area (Å²) < 4.78 is 10.4. The second kappa shape index (κ2) is 8.44. The average molecular weight is 299 g/mol. The lowest BCUT2D eigenvalue weighted by molar-refractivity contribution is -0.138. The van der Waals surface area contributed by atoms with Crippen LogP contribution in [0.3, 0.4) is 0 Å². The number of esters is 1. The smallest absolute Gasteiger partial charge is 0.321 e. The highest BCUT2D eigenvalue weighted by Gasteiger charge is 2.13. The first-order valence-electron chi connectivity index (χ1n) is 6.02. The molecule has 6 nitrogen and oxygen atoms in total. The molecule has 0 aliphatic rings. The largest absolute Gasteiger partial charge is 0.494 e. The van der Waals surface area contributed by atoms with E-state index in [9.17, 15) is 9.59 Å². The van der Waals surface area contributed by atoms with Gasteiger partial charge < -0.3 is 20.3 Å². The molecule has 110 valence electrons. The van der Waals surface area contributed by atoms with E-state index in [0.717, 1.165) is 11.8 Å². The zero-order valence-corrected chi connectivity index (χ0v) is 11.9. The maximum atomic E-state index is 11.5. The molecule has 7 heteroatoms. The van der Waals surface area contributed by atoms with Crippen molar-refractivity contribution < 1.29 is 24.2 Å². The molecule has 0 spiro atoms. The molecule has 1 aromatic rings. The van der Waals surface area contributed by atoms with Crippen molar-refractivity contribution in [3.8, 4) is 11.5 Å². The fourth-order valence-corrected chi connectivity index (χ4v) is 2.01. The molecule has 0 aliphatic heterocycles. The predicted octanol–water partition coefficient (Wildman–Crippen LogP) is 1.14. The molecule has 3 N–H and O–H groups in total. The molecule has 0 saturated heterocycles. The molecule has 0 saturated carbocycles. The number of thioether (sulfide) groups is 1. The number of aliphatic carboxylic acids is 1. The van der Waals surface area contributed by atoms with Crippen molar-refractivity contribution in [2.24, 2.45) is 5.73 Å². The average Bonchev–Trinajstić information content (AvgIpc) is 2.41. The fourth-order valence-electron chi connectivity index (χ4n) is 1.27. The van der Waals surface area contributed by atoms with Gasteiger partial charge in [-0.3, -0.25) is 9.59 Å². The van der Waals surface area contributed by atoms with Crippen LogP contribution in [0.4, 0.5) is 0 Å². The SMILES string of the molecule is CCOc1ccc(OC(=O)CSC[C@H](N)C(=O)O)cc1. The summed E-state index contributed by atoms with van der Waals surface area (Å²) in [7, 11) is 0. The van der Waals surface area contributed by atoms with Gasteiger partial charge >= 0.3 is 11.9 Å². The van der Waals surface area contributed by atoms with E-state index in [0.29, 0.717) is 18.1 Å². The number of carbonyl (C=O) groups is 2. The number of nitrogens with two attached hydrogens (primary N) is 1. The Hall–Kier alpha value is -1.73. The van der Waals surface area contributed by atoms with Gasteiger partial charge in [-0.05, 0) is 31.2 Å². The highest BCUT2D eigenvalue weighted by molar-refractivity contribution is 8.00. The minimum atomic E-state index is -1.09. The molecule has 0 amide bonds. The van der Waals surface area contributed by atoms with Gasteiger partial charge in [-0.1, -0.05) is 0 Å². The minimum absolute atomic E-state index is 0.0498. The van der Waals surface area contributed by atoms with Gasteiger partial charge in [0.2, 0.25) is 0 Å². The maximum Gasteiger partial charge on any atom is 0.321 e. The van der Waals surface area contributed by atoms with Crippen LogP contribution in [0.15, 0.2) is 24.3 Å². The molecule has 0 heterocycles. The Morgan fingerprint density at radius 1 is 1.30 bits per heavy atom. The molecular formula is C13H17NO5S. The second-order valence-corrected chi connectivity index (χ2v) is 4.87. The molecule has 1 aromatic carbocycles. The Labute approximate surface area is 121 Å². The normalized spacial score (nSPS) is 11.7. The molecule has 0 aliphatic carbocycles. The van der Waals surface area contributed by atoms with Gasteiger partial charge in [-0.25, -0.2) is 0 Å². The van der Waals surface area contributed by atoms with Crippen LogP contribution >= 0.6 is 11.8 Å². The number of hydrogen-bond acceptors (Lipinski definition) is 6. The first-order valence-corrected chi connectivity index (χ1v) is 7.18. The standard InChI is InChI=1S/C13H17NO5S/c1-2-18-9-3-5-10(6-4-9)19-12(15)8-20-7-11(14)13(16)17/h3-6,11H,2,7-8,14H2,1H3,(H,16,17)/t11-/m0/s1. The van der Waals surface area contributed by atoms with Crippen LogP contribution in [0, 0.1) is 0 Å². The molecule has 0 fully saturated rings. The molecule has 0 aromatic heterocycles. The molecule has 0 unspecified atom stereocenters. The lowest BCUT2D eigenvalue weighted by Crippen LogP contribution is -2.32. The second-order valence-electron chi connectivity index (χ2n) is 3.84. The highest BCUT2D eigenvalue weighted by Crippen LogP contribution is 2.18. The molecule has 1 rings (SSSR count). The van der Waals surface area contributed by atoms with Crippen molar-refractivity contribution in [2.45, 2.75) is 13.0 Å². The lowest BCUT2D eigenvalue weighted by atomic mass is 10.3. The van der Waals surface area contributed by atoms with Crippen molar-refractivity contribution in [1.29, 1.82) is 0 Å². The van der Waals surface area contributed by atoms with Crippen LogP contribution in [-0.2, 0) is 9.59 Å². The minimum Gasteiger partial charge on any atom is -0.494 e. The van der Waals surface area contributed by atoms with Gasteiger partial charge in [-0.2, -0.15) is 0 Å².